The lowest BCUT2D eigenvalue weighted by atomic mass is 10.1. The van der Waals surface area contributed by atoms with Gasteiger partial charge in [0.2, 0.25) is 5.91 Å². The Kier molecular flexibility index (Phi) is 7.95. The second-order valence-corrected chi connectivity index (χ2v) is 6.23. The number of nitrogen functional groups attached to an aromatic ring is 1. The van der Waals surface area contributed by atoms with Crippen molar-refractivity contribution in [2.24, 2.45) is 5.10 Å². The third-order valence-electron chi connectivity index (χ3n) is 3.53. The maximum absolute atomic E-state index is 12.0. The molecule has 27 heavy (non-hydrogen) atoms. The molecular formula is C20H24ClN3O3. The highest BCUT2D eigenvalue weighted by Crippen LogP contribution is 2.36. The molecule has 0 saturated heterocycles. The molecule has 0 radical (unpaired) electrons. The van der Waals surface area contributed by atoms with Crippen molar-refractivity contribution in [2.45, 2.75) is 26.7 Å². The van der Waals surface area contributed by atoms with Crippen LogP contribution in [0.2, 0.25) is 5.02 Å². The summed E-state index contributed by atoms with van der Waals surface area (Å²) in [5.74, 6) is 0.841. The third kappa shape index (κ3) is 6.49. The minimum Gasteiger partial charge on any atom is -0.490 e. The molecule has 2 aromatic carbocycles. The average molecular weight is 390 g/mol. The second kappa shape index (κ2) is 10.4. The van der Waals surface area contributed by atoms with Gasteiger partial charge in [0, 0.05) is 5.69 Å². The molecule has 3 N–H and O–H groups in total. The van der Waals surface area contributed by atoms with Gasteiger partial charge in [0.15, 0.2) is 11.5 Å². The molecule has 0 aliphatic heterocycles. The number of halogens is 1. The highest BCUT2D eigenvalue weighted by atomic mass is 35.5. The number of hydrazone groups is 1. The number of hydrogen-bond acceptors (Lipinski definition) is 5. The maximum Gasteiger partial charge on any atom is 0.244 e. The van der Waals surface area contributed by atoms with Crippen LogP contribution in [-0.2, 0) is 11.2 Å². The first-order valence-electron chi connectivity index (χ1n) is 8.79. The van der Waals surface area contributed by atoms with Gasteiger partial charge in [-0.3, -0.25) is 4.79 Å². The third-order valence-corrected chi connectivity index (χ3v) is 3.81. The molecule has 1 amide bonds. The number of amides is 1. The van der Waals surface area contributed by atoms with Crippen molar-refractivity contribution in [2.75, 3.05) is 18.9 Å². The van der Waals surface area contributed by atoms with E-state index in [1.165, 1.54) is 6.21 Å². The molecule has 2 rings (SSSR count). The molecule has 0 aliphatic rings. The zero-order chi connectivity index (χ0) is 19.6. The number of rotatable bonds is 9. The van der Waals surface area contributed by atoms with E-state index in [-0.39, 0.29) is 12.3 Å². The van der Waals surface area contributed by atoms with Crippen LogP contribution in [0, 0.1) is 0 Å². The molecule has 0 aromatic heterocycles. The first kappa shape index (κ1) is 20.6. The fraction of sp³-hybridized carbons (Fsp3) is 0.300. The number of hydrogen-bond donors (Lipinski definition) is 2. The molecule has 7 heteroatoms. The quantitative estimate of drug-likeness (QED) is 0.388. The molecule has 2 aromatic rings. The fourth-order valence-corrected chi connectivity index (χ4v) is 2.58. The van der Waals surface area contributed by atoms with Crippen LogP contribution in [0.15, 0.2) is 41.5 Å². The largest absolute Gasteiger partial charge is 0.490 e. The summed E-state index contributed by atoms with van der Waals surface area (Å²) >= 11 is 6.30. The van der Waals surface area contributed by atoms with Crippen molar-refractivity contribution in [3.63, 3.8) is 0 Å². The highest BCUT2D eigenvalue weighted by molar-refractivity contribution is 6.32. The SMILES string of the molecule is CCCOc1c(Cl)cc(/C=N\NC(=O)Cc2ccc(N)cc2)cc1OCC. The minimum atomic E-state index is -0.227. The topological polar surface area (TPSA) is 85.9 Å². The van der Waals surface area contributed by atoms with E-state index >= 15 is 0 Å². The van der Waals surface area contributed by atoms with Crippen molar-refractivity contribution in [1.82, 2.24) is 5.43 Å². The van der Waals surface area contributed by atoms with Gasteiger partial charge < -0.3 is 15.2 Å². The average Bonchev–Trinajstić information content (AvgIpc) is 2.63. The summed E-state index contributed by atoms with van der Waals surface area (Å²) in [6, 6.07) is 10.6. The number of nitrogens with two attached hydrogens (primary N) is 1. The van der Waals surface area contributed by atoms with Crippen LogP contribution < -0.4 is 20.6 Å². The van der Waals surface area contributed by atoms with Crippen LogP contribution in [0.1, 0.15) is 31.4 Å². The Labute approximate surface area is 164 Å². The first-order valence-corrected chi connectivity index (χ1v) is 9.16. The predicted octanol–water partition coefficient (Wildman–Crippen LogP) is 3.80. The van der Waals surface area contributed by atoms with E-state index in [2.05, 4.69) is 10.5 Å². The second-order valence-electron chi connectivity index (χ2n) is 5.82. The number of anilines is 1. The van der Waals surface area contributed by atoms with Crippen molar-refractivity contribution in [3.05, 3.63) is 52.5 Å². The van der Waals surface area contributed by atoms with Gasteiger partial charge in [-0.1, -0.05) is 30.7 Å². The van der Waals surface area contributed by atoms with Gasteiger partial charge in [-0.2, -0.15) is 5.10 Å². The molecule has 0 aliphatic carbocycles. The summed E-state index contributed by atoms with van der Waals surface area (Å²) in [6.45, 7) is 4.93. The zero-order valence-corrected chi connectivity index (χ0v) is 16.3. The molecule has 144 valence electrons. The van der Waals surface area contributed by atoms with Crippen molar-refractivity contribution in [1.29, 1.82) is 0 Å². The summed E-state index contributed by atoms with van der Waals surface area (Å²) in [6.07, 6.45) is 2.59. The standard InChI is InChI=1S/C20H24ClN3O3/c1-3-9-27-20-17(21)10-15(11-18(20)26-4-2)13-23-24-19(25)12-14-5-7-16(22)8-6-14/h5-8,10-11,13H,3-4,9,12,22H2,1-2H3,(H,24,25)/b23-13-. The smallest absolute Gasteiger partial charge is 0.244 e. The molecule has 0 saturated carbocycles. The Hall–Kier alpha value is -2.73. The Morgan fingerprint density at radius 3 is 2.63 bits per heavy atom. The van der Waals surface area contributed by atoms with E-state index in [1.54, 1.807) is 24.3 Å². The van der Waals surface area contributed by atoms with Crippen molar-refractivity contribution < 1.29 is 14.3 Å². The van der Waals surface area contributed by atoms with Crippen LogP contribution >= 0.6 is 11.6 Å². The summed E-state index contributed by atoms with van der Waals surface area (Å²) < 4.78 is 11.3. The van der Waals surface area contributed by atoms with Crippen LogP contribution in [0.4, 0.5) is 5.69 Å². The lowest BCUT2D eigenvalue weighted by Gasteiger charge is -2.13. The molecule has 0 fully saturated rings. The number of ether oxygens (including phenoxy) is 2. The molecule has 0 heterocycles. The van der Waals surface area contributed by atoms with Gasteiger partial charge in [-0.25, -0.2) is 5.43 Å². The van der Waals surface area contributed by atoms with Gasteiger partial charge in [0.25, 0.3) is 0 Å². The number of carbonyl (C=O) groups is 1. The highest BCUT2D eigenvalue weighted by Gasteiger charge is 2.12. The van der Waals surface area contributed by atoms with Gasteiger partial charge in [0.05, 0.1) is 30.9 Å². The summed E-state index contributed by atoms with van der Waals surface area (Å²) in [5.41, 5.74) is 10.3. The number of nitrogens with zero attached hydrogens (tertiary/aromatic N) is 1. The fourth-order valence-electron chi connectivity index (χ4n) is 2.31. The molecule has 0 bridgehead atoms. The van der Waals surface area contributed by atoms with Crippen LogP contribution in [0.3, 0.4) is 0 Å². The first-order chi connectivity index (χ1) is 13.0. The zero-order valence-electron chi connectivity index (χ0n) is 15.5. The Balaban J connectivity index is 2.02. The molecular weight excluding hydrogens is 366 g/mol. The monoisotopic (exact) mass is 389 g/mol. The van der Waals surface area contributed by atoms with Crippen molar-refractivity contribution in [3.8, 4) is 11.5 Å². The number of benzene rings is 2. The van der Waals surface area contributed by atoms with E-state index in [0.717, 1.165) is 12.0 Å². The normalized spacial score (nSPS) is 10.8. The number of nitrogens with one attached hydrogen (secondary N) is 1. The van der Waals surface area contributed by atoms with Crippen molar-refractivity contribution >= 4 is 29.4 Å². The van der Waals surface area contributed by atoms with Crippen LogP contribution in [0.5, 0.6) is 11.5 Å². The lowest BCUT2D eigenvalue weighted by Crippen LogP contribution is -2.19. The van der Waals surface area contributed by atoms with Gasteiger partial charge in [-0.05, 0) is 48.7 Å². The molecule has 0 spiro atoms. The summed E-state index contributed by atoms with van der Waals surface area (Å²) in [7, 11) is 0. The van der Waals surface area contributed by atoms with E-state index in [4.69, 9.17) is 26.8 Å². The molecule has 6 nitrogen and oxygen atoms in total. The summed E-state index contributed by atoms with van der Waals surface area (Å²) in [4.78, 5) is 12.0. The lowest BCUT2D eigenvalue weighted by molar-refractivity contribution is -0.120. The summed E-state index contributed by atoms with van der Waals surface area (Å²) in [5, 5.41) is 4.42. The van der Waals surface area contributed by atoms with E-state index < -0.39 is 0 Å². The Morgan fingerprint density at radius 1 is 1.22 bits per heavy atom. The van der Waals surface area contributed by atoms with Crippen LogP contribution in [0.25, 0.3) is 0 Å². The van der Waals surface area contributed by atoms with E-state index in [0.29, 0.717) is 41.0 Å². The predicted molar refractivity (Wildman–Crippen MR) is 109 cm³/mol. The maximum atomic E-state index is 12.0. The Morgan fingerprint density at radius 2 is 1.96 bits per heavy atom. The number of carbonyl (C=O) groups excluding carboxylic acids is 1. The van der Waals surface area contributed by atoms with Crippen LogP contribution in [-0.4, -0.2) is 25.3 Å². The van der Waals surface area contributed by atoms with Gasteiger partial charge >= 0.3 is 0 Å². The van der Waals surface area contributed by atoms with Gasteiger partial charge in [0.1, 0.15) is 0 Å². The Bertz CT molecular complexity index is 792. The molecule has 0 atom stereocenters. The van der Waals surface area contributed by atoms with E-state index in [1.807, 2.05) is 26.0 Å². The van der Waals surface area contributed by atoms with E-state index in [9.17, 15) is 4.79 Å². The molecule has 0 unspecified atom stereocenters. The minimum absolute atomic E-state index is 0.215. The van der Waals surface area contributed by atoms with Gasteiger partial charge in [-0.15, -0.1) is 0 Å².